The van der Waals surface area contributed by atoms with E-state index in [0.29, 0.717) is 35.7 Å². The minimum Gasteiger partial charge on any atom is -0.504 e. The Hall–Kier alpha value is -2.35. The fourth-order valence-corrected chi connectivity index (χ4v) is 3.54. The van der Waals surface area contributed by atoms with E-state index in [1.807, 2.05) is 6.07 Å². The van der Waals surface area contributed by atoms with E-state index in [9.17, 15) is 15.0 Å². The number of hydrogen-bond donors (Lipinski definition) is 2. The highest BCUT2D eigenvalue weighted by molar-refractivity contribution is 5.42. The zero-order valence-corrected chi connectivity index (χ0v) is 14.5. The minimum atomic E-state index is -0.867. The number of hydrogen-bond acceptors (Lipinski definition) is 7. The lowest BCUT2D eigenvalue weighted by Gasteiger charge is -2.24. The van der Waals surface area contributed by atoms with Crippen LogP contribution in [0, 0.1) is 0 Å². The largest absolute Gasteiger partial charge is 0.504 e. The number of aromatic hydroxyl groups is 1. The molecule has 1 aromatic carbocycles. The summed E-state index contributed by atoms with van der Waals surface area (Å²) in [4.78, 5) is 12.5. The van der Waals surface area contributed by atoms with Crippen LogP contribution in [0.15, 0.2) is 33.5 Å². The molecule has 7 nitrogen and oxygen atoms in total. The Labute approximate surface area is 149 Å². The van der Waals surface area contributed by atoms with Crippen LogP contribution in [-0.2, 0) is 22.3 Å². The zero-order chi connectivity index (χ0) is 18.4. The number of phenolic OH excluding ortho intramolecular Hbond substituents is 1. The molecular formula is C19H20O7. The predicted molar refractivity (Wildman–Crippen MR) is 90.4 cm³/mol. The SMILES string of the molecule is COc1ccc(CCc2cc(=O)c3c(o2)[C@H]2O[C@H]2[C@@H](O)[C@H]3OC)cc1O. The van der Waals surface area contributed by atoms with Gasteiger partial charge in [0.15, 0.2) is 16.9 Å². The number of aliphatic hydroxyl groups excluding tert-OH is 1. The van der Waals surface area contributed by atoms with Gasteiger partial charge in [-0.1, -0.05) is 6.07 Å². The van der Waals surface area contributed by atoms with E-state index in [-0.39, 0.29) is 23.4 Å². The highest BCUT2D eigenvalue weighted by Crippen LogP contribution is 2.50. The molecule has 0 unspecified atom stereocenters. The number of aliphatic hydroxyl groups is 1. The van der Waals surface area contributed by atoms with E-state index in [0.717, 1.165) is 5.56 Å². The lowest BCUT2D eigenvalue weighted by Crippen LogP contribution is -2.34. The number of aryl methyl sites for hydroxylation is 2. The second-order valence-electron chi connectivity index (χ2n) is 6.53. The Morgan fingerprint density at radius 2 is 2.00 bits per heavy atom. The van der Waals surface area contributed by atoms with Crippen LogP contribution in [0.3, 0.4) is 0 Å². The molecular weight excluding hydrogens is 340 g/mol. The summed E-state index contributed by atoms with van der Waals surface area (Å²) in [6.45, 7) is 0. The quantitative estimate of drug-likeness (QED) is 0.782. The molecule has 1 fully saturated rings. The smallest absolute Gasteiger partial charge is 0.191 e. The molecule has 1 aliphatic heterocycles. The molecule has 0 saturated carbocycles. The van der Waals surface area contributed by atoms with Crippen LogP contribution < -0.4 is 10.2 Å². The Morgan fingerprint density at radius 1 is 1.19 bits per heavy atom. The van der Waals surface area contributed by atoms with Crippen molar-refractivity contribution < 1.29 is 28.8 Å². The van der Waals surface area contributed by atoms with Crippen LogP contribution in [0.2, 0.25) is 0 Å². The van der Waals surface area contributed by atoms with E-state index in [4.69, 9.17) is 18.6 Å². The Bertz CT molecular complexity index is 888. The van der Waals surface area contributed by atoms with Gasteiger partial charge < -0.3 is 28.8 Å². The van der Waals surface area contributed by atoms with E-state index >= 15 is 0 Å². The zero-order valence-electron chi connectivity index (χ0n) is 14.5. The van der Waals surface area contributed by atoms with Gasteiger partial charge in [0.05, 0.1) is 12.7 Å². The molecule has 0 spiro atoms. The third-order valence-electron chi connectivity index (χ3n) is 4.94. The van der Waals surface area contributed by atoms with Gasteiger partial charge in [-0.2, -0.15) is 0 Å². The maximum absolute atomic E-state index is 12.5. The summed E-state index contributed by atoms with van der Waals surface area (Å²) in [5, 5.41) is 20.0. The van der Waals surface area contributed by atoms with Crippen LogP contribution in [0.25, 0.3) is 0 Å². The lowest BCUT2D eigenvalue weighted by atomic mass is 9.91. The normalized spacial score (nSPS) is 26.1. The van der Waals surface area contributed by atoms with Gasteiger partial charge in [-0.3, -0.25) is 4.79 Å². The molecule has 2 aliphatic rings. The molecule has 138 valence electrons. The molecule has 0 bridgehead atoms. The third kappa shape index (κ3) is 2.78. The Morgan fingerprint density at radius 3 is 2.69 bits per heavy atom. The van der Waals surface area contributed by atoms with Crippen molar-refractivity contribution in [3.8, 4) is 11.5 Å². The van der Waals surface area contributed by atoms with Crippen LogP contribution in [0.1, 0.15) is 34.9 Å². The van der Waals surface area contributed by atoms with Crippen molar-refractivity contribution in [3.05, 3.63) is 57.1 Å². The second kappa shape index (κ2) is 6.42. The monoisotopic (exact) mass is 360 g/mol. The Balaban J connectivity index is 1.58. The minimum absolute atomic E-state index is 0.0723. The van der Waals surface area contributed by atoms with Gasteiger partial charge in [0.1, 0.15) is 35.9 Å². The van der Waals surface area contributed by atoms with Gasteiger partial charge in [0.25, 0.3) is 0 Å². The summed E-state index contributed by atoms with van der Waals surface area (Å²) in [6.07, 6.45) is -1.30. The first-order valence-corrected chi connectivity index (χ1v) is 8.42. The average molecular weight is 360 g/mol. The molecule has 4 rings (SSSR count). The van der Waals surface area contributed by atoms with Crippen molar-refractivity contribution in [2.75, 3.05) is 14.2 Å². The first-order chi connectivity index (χ1) is 12.5. The first kappa shape index (κ1) is 17.1. The third-order valence-corrected chi connectivity index (χ3v) is 4.94. The molecule has 1 aromatic heterocycles. The van der Waals surface area contributed by atoms with Gasteiger partial charge >= 0.3 is 0 Å². The van der Waals surface area contributed by atoms with Gasteiger partial charge in [0, 0.05) is 19.6 Å². The summed E-state index contributed by atoms with van der Waals surface area (Å²) in [7, 11) is 2.94. The summed E-state index contributed by atoms with van der Waals surface area (Å²) in [6, 6.07) is 6.61. The van der Waals surface area contributed by atoms with E-state index in [1.54, 1.807) is 12.1 Å². The van der Waals surface area contributed by atoms with Crippen molar-refractivity contribution in [2.24, 2.45) is 0 Å². The standard InChI is InChI=1S/C19H20O7/c1-23-13-6-4-9(7-11(13)20)3-5-10-8-12(21)14-16(24-2)15(22)18-19(26-18)17(14)25-10/h4,6-8,15-16,18-20,22H,3,5H2,1-2H3/t15-,16-,18-,19+/m0/s1. The summed E-state index contributed by atoms with van der Waals surface area (Å²) in [5.41, 5.74) is 1.01. The van der Waals surface area contributed by atoms with Crippen molar-refractivity contribution in [3.63, 3.8) is 0 Å². The van der Waals surface area contributed by atoms with Crippen LogP contribution in [0.5, 0.6) is 11.5 Å². The maximum atomic E-state index is 12.5. The van der Waals surface area contributed by atoms with Gasteiger partial charge in [-0.25, -0.2) is 0 Å². The fourth-order valence-electron chi connectivity index (χ4n) is 3.54. The van der Waals surface area contributed by atoms with Crippen LogP contribution >= 0.6 is 0 Å². The topological polar surface area (TPSA) is 102 Å². The highest BCUT2D eigenvalue weighted by Gasteiger charge is 2.57. The van der Waals surface area contributed by atoms with Crippen molar-refractivity contribution in [1.82, 2.24) is 0 Å². The molecule has 4 atom stereocenters. The summed E-state index contributed by atoms with van der Waals surface area (Å²) >= 11 is 0. The van der Waals surface area contributed by atoms with E-state index in [1.165, 1.54) is 20.3 Å². The van der Waals surface area contributed by atoms with Crippen molar-refractivity contribution >= 4 is 0 Å². The van der Waals surface area contributed by atoms with E-state index < -0.39 is 12.2 Å². The van der Waals surface area contributed by atoms with Crippen molar-refractivity contribution in [1.29, 1.82) is 0 Å². The fraction of sp³-hybridized carbons (Fsp3) is 0.421. The van der Waals surface area contributed by atoms with Gasteiger partial charge in [-0.05, 0) is 24.1 Å². The molecule has 2 N–H and O–H groups in total. The van der Waals surface area contributed by atoms with Crippen LogP contribution in [-0.4, -0.2) is 36.6 Å². The number of phenols is 1. The average Bonchev–Trinajstić information content (AvgIpc) is 3.42. The van der Waals surface area contributed by atoms with Gasteiger partial charge in [0.2, 0.25) is 0 Å². The number of methoxy groups -OCH3 is 2. The summed E-state index contributed by atoms with van der Waals surface area (Å²) in [5.74, 6) is 1.47. The first-order valence-electron chi connectivity index (χ1n) is 8.42. The number of epoxide rings is 1. The second-order valence-corrected chi connectivity index (χ2v) is 6.53. The van der Waals surface area contributed by atoms with Crippen molar-refractivity contribution in [2.45, 2.75) is 37.3 Å². The maximum Gasteiger partial charge on any atom is 0.191 e. The number of ether oxygens (including phenoxy) is 3. The Kier molecular flexibility index (Phi) is 4.22. The molecule has 0 radical (unpaired) electrons. The lowest BCUT2D eigenvalue weighted by molar-refractivity contribution is -0.0302. The number of fused-ring (bicyclic) bond motifs is 3. The van der Waals surface area contributed by atoms with E-state index in [2.05, 4.69) is 0 Å². The molecule has 0 amide bonds. The number of rotatable bonds is 5. The summed E-state index contributed by atoms with van der Waals surface area (Å²) < 4.78 is 21.7. The predicted octanol–water partition coefficient (Wildman–Crippen LogP) is 1.64. The molecule has 1 saturated heterocycles. The van der Waals surface area contributed by atoms with Crippen LogP contribution in [0.4, 0.5) is 0 Å². The molecule has 1 aliphatic carbocycles. The van der Waals surface area contributed by atoms with Gasteiger partial charge in [-0.15, -0.1) is 0 Å². The molecule has 2 aromatic rings. The highest BCUT2D eigenvalue weighted by atomic mass is 16.6. The number of benzene rings is 1. The molecule has 7 heteroatoms. The molecule has 26 heavy (non-hydrogen) atoms. The molecule has 2 heterocycles.